The fourth-order valence-electron chi connectivity index (χ4n) is 1.45. The van der Waals surface area contributed by atoms with Crippen LogP contribution in [0.2, 0.25) is 0 Å². The first-order valence-electron chi connectivity index (χ1n) is 5.27. The van der Waals surface area contributed by atoms with E-state index in [9.17, 15) is 9.59 Å². The lowest BCUT2D eigenvalue weighted by Gasteiger charge is -2.03. The second kappa shape index (κ2) is 4.45. The molecule has 0 amide bonds. The molecule has 0 heterocycles. The summed E-state index contributed by atoms with van der Waals surface area (Å²) in [6.45, 7) is 0.285. The highest BCUT2D eigenvalue weighted by atomic mass is 16.4. The van der Waals surface area contributed by atoms with Crippen molar-refractivity contribution in [2.75, 3.05) is 6.54 Å². The molecule has 0 aliphatic heterocycles. The van der Waals surface area contributed by atoms with Crippen molar-refractivity contribution < 1.29 is 14.7 Å². The average Bonchev–Trinajstić information content (AvgIpc) is 3.10. The van der Waals surface area contributed by atoms with Crippen molar-refractivity contribution in [2.45, 2.75) is 18.9 Å². The molecule has 0 bridgehead atoms. The van der Waals surface area contributed by atoms with E-state index in [4.69, 9.17) is 5.11 Å². The van der Waals surface area contributed by atoms with E-state index in [1.54, 1.807) is 12.1 Å². The number of hydrogen-bond donors (Lipinski definition) is 2. The van der Waals surface area contributed by atoms with Gasteiger partial charge in [0.1, 0.15) is 0 Å². The van der Waals surface area contributed by atoms with Crippen molar-refractivity contribution in [1.29, 1.82) is 0 Å². The van der Waals surface area contributed by atoms with Gasteiger partial charge in [0.15, 0.2) is 5.78 Å². The van der Waals surface area contributed by atoms with Gasteiger partial charge < -0.3 is 10.4 Å². The van der Waals surface area contributed by atoms with E-state index < -0.39 is 5.97 Å². The minimum atomic E-state index is -1.01. The molecule has 1 fully saturated rings. The third kappa shape index (κ3) is 2.67. The second-order valence-corrected chi connectivity index (χ2v) is 3.96. The molecule has 1 aliphatic carbocycles. The maximum Gasteiger partial charge on any atom is 0.335 e. The molecular formula is C12H13NO3. The molecule has 0 unspecified atom stereocenters. The SMILES string of the molecule is O=C(O)c1cccc(C(=O)CNC2CC2)c1. The summed E-state index contributed by atoms with van der Waals surface area (Å²) in [5.41, 5.74) is 0.602. The van der Waals surface area contributed by atoms with E-state index in [1.165, 1.54) is 12.1 Å². The first-order valence-corrected chi connectivity index (χ1v) is 5.27. The summed E-state index contributed by atoms with van der Waals surface area (Å²) in [5, 5.41) is 11.9. The van der Waals surface area contributed by atoms with Crippen LogP contribution in [-0.2, 0) is 0 Å². The standard InChI is InChI=1S/C12H13NO3/c14-11(7-13-10-4-5-10)8-2-1-3-9(6-8)12(15)16/h1-3,6,10,13H,4-5,7H2,(H,15,16). The zero-order valence-corrected chi connectivity index (χ0v) is 8.77. The van der Waals surface area contributed by atoms with Gasteiger partial charge >= 0.3 is 5.97 Å². The minimum Gasteiger partial charge on any atom is -0.478 e. The Morgan fingerprint density at radius 1 is 1.31 bits per heavy atom. The number of aromatic carboxylic acids is 1. The molecule has 84 valence electrons. The van der Waals surface area contributed by atoms with Crippen molar-refractivity contribution in [1.82, 2.24) is 5.32 Å². The van der Waals surface area contributed by atoms with Gasteiger partial charge in [-0.25, -0.2) is 4.79 Å². The van der Waals surface area contributed by atoms with Crippen molar-refractivity contribution >= 4 is 11.8 Å². The highest BCUT2D eigenvalue weighted by molar-refractivity contribution is 6.00. The highest BCUT2D eigenvalue weighted by Crippen LogP contribution is 2.18. The summed E-state index contributed by atoms with van der Waals surface area (Å²) in [5.74, 6) is -1.07. The monoisotopic (exact) mass is 219 g/mol. The normalized spacial score (nSPS) is 14.8. The van der Waals surface area contributed by atoms with Crippen LogP contribution in [-0.4, -0.2) is 29.4 Å². The third-order valence-corrected chi connectivity index (χ3v) is 2.56. The van der Waals surface area contributed by atoms with Crippen LogP contribution in [0.1, 0.15) is 33.6 Å². The Kier molecular flexibility index (Phi) is 3.01. The number of carbonyl (C=O) groups excluding carboxylic acids is 1. The van der Waals surface area contributed by atoms with Crippen molar-refractivity contribution in [3.05, 3.63) is 35.4 Å². The maximum atomic E-state index is 11.7. The van der Waals surface area contributed by atoms with Gasteiger partial charge in [0.2, 0.25) is 0 Å². The summed E-state index contributed by atoms with van der Waals surface area (Å²) in [4.78, 5) is 22.4. The number of benzene rings is 1. The predicted molar refractivity (Wildman–Crippen MR) is 58.8 cm³/mol. The number of Topliss-reactive ketones (excluding diaryl/α,β-unsaturated/α-hetero) is 1. The number of carboxylic acid groups (broad SMARTS) is 1. The van der Waals surface area contributed by atoms with Crippen LogP contribution in [0.3, 0.4) is 0 Å². The summed E-state index contributed by atoms with van der Waals surface area (Å²) in [7, 11) is 0. The number of ketones is 1. The molecule has 4 nitrogen and oxygen atoms in total. The van der Waals surface area contributed by atoms with Gasteiger partial charge in [-0.1, -0.05) is 12.1 Å². The Hall–Kier alpha value is -1.68. The molecule has 2 N–H and O–H groups in total. The van der Waals surface area contributed by atoms with Gasteiger partial charge in [0.05, 0.1) is 12.1 Å². The molecule has 1 aliphatic rings. The van der Waals surface area contributed by atoms with Gasteiger partial charge in [-0.05, 0) is 25.0 Å². The fraction of sp³-hybridized carbons (Fsp3) is 0.333. The van der Waals surface area contributed by atoms with E-state index in [1.807, 2.05) is 0 Å². The summed E-state index contributed by atoms with van der Waals surface area (Å²) in [6, 6.07) is 6.61. The predicted octanol–water partition coefficient (Wildman–Crippen LogP) is 1.32. The van der Waals surface area contributed by atoms with E-state index >= 15 is 0 Å². The average molecular weight is 219 g/mol. The van der Waals surface area contributed by atoms with Crippen LogP contribution in [0.4, 0.5) is 0 Å². The zero-order valence-electron chi connectivity index (χ0n) is 8.77. The van der Waals surface area contributed by atoms with Crippen molar-refractivity contribution in [3.8, 4) is 0 Å². The fourth-order valence-corrected chi connectivity index (χ4v) is 1.45. The van der Waals surface area contributed by atoms with E-state index in [-0.39, 0.29) is 17.9 Å². The number of rotatable bonds is 5. The molecule has 0 saturated heterocycles. The summed E-state index contributed by atoms with van der Waals surface area (Å²) >= 11 is 0. The third-order valence-electron chi connectivity index (χ3n) is 2.56. The maximum absolute atomic E-state index is 11.7. The van der Waals surface area contributed by atoms with Crippen LogP contribution >= 0.6 is 0 Å². The number of hydrogen-bond acceptors (Lipinski definition) is 3. The number of nitrogens with one attached hydrogen (secondary N) is 1. The lowest BCUT2D eigenvalue weighted by atomic mass is 10.1. The van der Waals surface area contributed by atoms with Crippen LogP contribution in [0, 0.1) is 0 Å². The van der Waals surface area contributed by atoms with Gasteiger partial charge in [0, 0.05) is 11.6 Å². The Morgan fingerprint density at radius 3 is 2.62 bits per heavy atom. The van der Waals surface area contributed by atoms with Crippen LogP contribution in [0.15, 0.2) is 24.3 Å². The van der Waals surface area contributed by atoms with E-state index in [0.717, 1.165) is 12.8 Å². The molecule has 0 atom stereocenters. The topological polar surface area (TPSA) is 66.4 Å². The summed E-state index contributed by atoms with van der Waals surface area (Å²) < 4.78 is 0. The Bertz CT molecular complexity index is 424. The smallest absolute Gasteiger partial charge is 0.335 e. The zero-order chi connectivity index (χ0) is 11.5. The molecule has 4 heteroatoms. The lowest BCUT2D eigenvalue weighted by molar-refractivity contribution is 0.0697. The molecular weight excluding hydrogens is 206 g/mol. The quantitative estimate of drug-likeness (QED) is 0.733. The van der Waals surface area contributed by atoms with Gasteiger partial charge in [-0.3, -0.25) is 4.79 Å². The van der Waals surface area contributed by atoms with Crippen molar-refractivity contribution in [2.24, 2.45) is 0 Å². The minimum absolute atomic E-state index is 0.0602. The summed E-state index contributed by atoms with van der Waals surface area (Å²) in [6.07, 6.45) is 2.25. The van der Waals surface area contributed by atoms with Gasteiger partial charge in [0.25, 0.3) is 0 Å². The molecule has 0 radical (unpaired) electrons. The highest BCUT2D eigenvalue weighted by Gasteiger charge is 2.21. The molecule has 0 spiro atoms. The van der Waals surface area contributed by atoms with Gasteiger partial charge in [-0.15, -0.1) is 0 Å². The Balaban J connectivity index is 2.03. The Morgan fingerprint density at radius 2 is 2.00 bits per heavy atom. The molecule has 0 aromatic heterocycles. The van der Waals surface area contributed by atoms with Crippen LogP contribution < -0.4 is 5.32 Å². The number of carbonyl (C=O) groups is 2. The molecule has 1 aromatic rings. The molecule has 1 aromatic carbocycles. The second-order valence-electron chi connectivity index (χ2n) is 3.96. The Labute approximate surface area is 93.3 Å². The largest absolute Gasteiger partial charge is 0.478 e. The molecule has 2 rings (SSSR count). The van der Waals surface area contributed by atoms with E-state index in [0.29, 0.717) is 11.6 Å². The van der Waals surface area contributed by atoms with Crippen LogP contribution in [0.25, 0.3) is 0 Å². The molecule has 16 heavy (non-hydrogen) atoms. The van der Waals surface area contributed by atoms with Crippen molar-refractivity contribution in [3.63, 3.8) is 0 Å². The van der Waals surface area contributed by atoms with Gasteiger partial charge in [-0.2, -0.15) is 0 Å². The number of carboxylic acids is 1. The first kappa shape index (κ1) is 10.8. The lowest BCUT2D eigenvalue weighted by Crippen LogP contribution is -2.24. The van der Waals surface area contributed by atoms with E-state index in [2.05, 4.69) is 5.32 Å². The van der Waals surface area contributed by atoms with Crippen LogP contribution in [0.5, 0.6) is 0 Å². The molecule has 1 saturated carbocycles. The first-order chi connectivity index (χ1) is 7.66.